The third kappa shape index (κ3) is 5.00. The van der Waals surface area contributed by atoms with Crippen LogP contribution < -0.4 is 10.5 Å². The minimum atomic E-state index is -0.947. The molecule has 7 nitrogen and oxygen atoms in total. The Hall–Kier alpha value is -1.89. The van der Waals surface area contributed by atoms with Crippen molar-refractivity contribution in [2.75, 3.05) is 38.6 Å². The molecule has 20 heavy (non-hydrogen) atoms. The summed E-state index contributed by atoms with van der Waals surface area (Å²) in [5.74, 6) is 0.0922. The molecule has 0 aliphatic rings. The lowest BCUT2D eigenvalue weighted by atomic mass is 10.2. The highest BCUT2D eigenvalue weighted by atomic mass is 16.4. The molecule has 0 saturated heterocycles. The summed E-state index contributed by atoms with van der Waals surface area (Å²) in [5, 5.41) is 8.99. The summed E-state index contributed by atoms with van der Waals surface area (Å²) in [7, 11) is 3.81. The molecule has 0 spiro atoms. The predicted molar refractivity (Wildman–Crippen MR) is 77.3 cm³/mol. The molecule has 2 N–H and O–H groups in total. The monoisotopic (exact) mass is 282 g/mol. The van der Waals surface area contributed by atoms with Crippen molar-refractivity contribution >= 4 is 11.8 Å². The predicted octanol–water partition coefficient (Wildman–Crippen LogP) is 0.346. The quantitative estimate of drug-likeness (QED) is 0.750. The van der Waals surface area contributed by atoms with Gasteiger partial charge >= 0.3 is 5.97 Å². The van der Waals surface area contributed by atoms with E-state index in [9.17, 15) is 9.59 Å². The SMILES string of the molecule is CC(C)c1nc(N(CCN(C)C)CC(=O)O)cc(=O)[nH]1. The Morgan fingerprint density at radius 1 is 1.40 bits per heavy atom. The molecule has 0 aliphatic carbocycles. The van der Waals surface area contributed by atoms with Gasteiger partial charge in [-0.3, -0.25) is 9.59 Å². The van der Waals surface area contributed by atoms with Gasteiger partial charge in [-0.1, -0.05) is 13.8 Å². The van der Waals surface area contributed by atoms with Crippen molar-refractivity contribution in [3.8, 4) is 0 Å². The number of nitrogens with one attached hydrogen (secondary N) is 1. The van der Waals surface area contributed by atoms with Gasteiger partial charge in [-0.15, -0.1) is 0 Å². The number of carboxylic acids is 1. The number of aliphatic carboxylic acids is 1. The third-order valence-corrected chi connectivity index (χ3v) is 2.76. The van der Waals surface area contributed by atoms with E-state index in [4.69, 9.17) is 5.11 Å². The highest BCUT2D eigenvalue weighted by Crippen LogP contribution is 2.12. The van der Waals surface area contributed by atoms with Crippen LogP contribution in [0.1, 0.15) is 25.6 Å². The maximum absolute atomic E-state index is 11.7. The Balaban J connectivity index is 3.05. The van der Waals surface area contributed by atoms with Crippen LogP contribution in [0.25, 0.3) is 0 Å². The zero-order chi connectivity index (χ0) is 15.3. The second kappa shape index (κ2) is 7.04. The fourth-order valence-electron chi connectivity index (χ4n) is 1.66. The van der Waals surface area contributed by atoms with Crippen LogP contribution in [0.5, 0.6) is 0 Å². The zero-order valence-electron chi connectivity index (χ0n) is 12.4. The summed E-state index contributed by atoms with van der Waals surface area (Å²) < 4.78 is 0. The molecule has 0 atom stereocenters. The molecule has 0 unspecified atom stereocenters. The molecule has 0 radical (unpaired) electrons. The molecule has 0 aromatic carbocycles. The fourth-order valence-corrected chi connectivity index (χ4v) is 1.66. The molecule has 1 aromatic rings. The van der Waals surface area contributed by atoms with Gasteiger partial charge in [0, 0.05) is 25.1 Å². The van der Waals surface area contributed by atoms with Gasteiger partial charge in [0.05, 0.1) is 0 Å². The number of H-pyrrole nitrogens is 1. The van der Waals surface area contributed by atoms with Crippen LogP contribution in [-0.4, -0.2) is 59.7 Å². The van der Waals surface area contributed by atoms with E-state index in [1.165, 1.54) is 6.07 Å². The lowest BCUT2D eigenvalue weighted by Crippen LogP contribution is -2.37. The van der Waals surface area contributed by atoms with E-state index < -0.39 is 5.97 Å². The van der Waals surface area contributed by atoms with Crippen molar-refractivity contribution in [2.45, 2.75) is 19.8 Å². The summed E-state index contributed by atoms with van der Waals surface area (Å²) in [5.41, 5.74) is -0.265. The third-order valence-electron chi connectivity index (χ3n) is 2.76. The number of anilines is 1. The minimum Gasteiger partial charge on any atom is -0.480 e. The normalized spacial score (nSPS) is 11.1. The van der Waals surface area contributed by atoms with Crippen LogP contribution in [0.3, 0.4) is 0 Å². The number of hydrogen-bond donors (Lipinski definition) is 2. The van der Waals surface area contributed by atoms with Crippen LogP contribution in [-0.2, 0) is 4.79 Å². The van der Waals surface area contributed by atoms with E-state index in [-0.39, 0.29) is 18.0 Å². The number of aromatic nitrogens is 2. The van der Waals surface area contributed by atoms with Gasteiger partial charge in [0.1, 0.15) is 18.2 Å². The maximum Gasteiger partial charge on any atom is 0.323 e. The molecule has 0 aliphatic heterocycles. The van der Waals surface area contributed by atoms with Crippen molar-refractivity contribution < 1.29 is 9.90 Å². The summed E-state index contributed by atoms with van der Waals surface area (Å²) in [6.07, 6.45) is 0. The van der Waals surface area contributed by atoms with Crippen LogP contribution in [0.15, 0.2) is 10.9 Å². The van der Waals surface area contributed by atoms with E-state index >= 15 is 0 Å². The van der Waals surface area contributed by atoms with E-state index in [1.807, 2.05) is 32.8 Å². The molecule has 0 bridgehead atoms. The highest BCUT2D eigenvalue weighted by molar-refractivity contribution is 5.73. The van der Waals surface area contributed by atoms with Crippen LogP contribution in [0, 0.1) is 0 Å². The van der Waals surface area contributed by atoms with Gasteiger partial charge in [-0.2, -0.15) is 0 Å². The Kier molecular flexibility index (Phi) is 5.69. The second-order valence-corrected chi connectivity index (χ2v) is 5.26. The topological polar surface area (TPSA) is 89.5 Å². The van der Waals surface area contributed by atoms with Gasteiger partial charge in [-0.05, 0) is 14.1 Å². The van der Waals surface area contributed by atoms with Gasteiger partial charge in [0.2, 0.25) is 0 Å². The number of nitrogens with zero attached hydrogens (tertiary/aromatic N) is 3. The first kappa shape index (κ1) is 16.2. The number of rotatable bonds is 7. The average Bonchev–Trinajstić information content (AvgIpc) is 2.32. The van der Waals surface area contributed by atoms with Crippen molar-refractivity contribution in [3.63, 3.8) is 0 Å². The minimum absolute atomic E-state index is 0.0724. The highest BCUT2D eigenvalue weighted by Gasteiger charge is 2.15. The standard InChI is InChI=1S/C13H22N4O3/c1-9(2)13-14-10(7-11(18)15-13)17(8-12(19)20)6-5-16(3)4/h7,9H,5-6,8H2,1-4H3,(H,19,20)(H,14,15,18). The summed E-state index contributed by atoms with van der Waals surface area (Å²) in [6, 6.07) is 1.34. The summed E-state index contributed by atoms with van der Waals surface area (Å²) in [4.78, 5) is 33.2. The molecule has 1 rings (SSSR count). The first-order valence-corrected chi connectivity index (χ1v) is 6.52. The molecule has 7 heteroatoms. The molecular formula is C13H22N4O3. The Morgan fingerprint density at radius 3 is 2.55 bits per heavy atom. The Bertz CT molecular complexity index is 511. The van der Waals surface area contributed by atoms with Crippen LogP contribution >= 0.6 is 0 Å². The van der Waals surface area contributed by atoms with Gasteiger partial charge < -0.3 is 19.9 Å². The van der Waals surface area contributed by atoms with Crippen molar-refractivity contribution in [1.82, 2.24) is 14.9 Å². The van der Waals surface area contributed by atoms with E-state index in [1.54, 1.807) is 4.90 Å². The molecule has 1 heterocycles. The lowest BCUT2D eigenvalue weighted by Gasteiger charge is -2.24. The fraction of sp³-hybridized carbons (Fsp3) is 0.615. The lowest BCUT2D eigenvalue weighted by molar-refractivity contribution is -0.135. The van der Waals surface area contributed by atoms with Crippen molar-refractivity contribution in [3.05, 3.63) is 22.2 Å². The zero-order valence-corrected chi connectivity index (χ0v) is 12.4. The molecule has 0 fully saturated rings. The molecule has 0 saturated carbocycles. The summed E-state index contributed by atoms with van der Waals surface area (Å²) >= 11 is 0. The number of carbonyl (C=O) groups is 1. The van der Waals surface area contributed by atoms with E-state index in [0.717, 1.165) is 0 Å². The van der Waals surface area contributed by atoms with Crippen molar-refractivity contribution in [2.24, 2.45) is 0 Å². The first-order valence-electron chi connectivity index (χ1n) is 6.52. The smallest absolute Gasteiger partial charge is 0.323 e. The second-order valence-electron chi connectivity index (χ2n) is 5.26. The van der Waals surface area contributed by atoms with Crippen LogP contribution in [0.4, 0.5) is 5.82 Å². The number of aromatic amines is 1. The molecule has 112 valence electrons. The van der Waals surface area contributed by atoms with Crippen LogP contribution in [0.2, 0.25) is 0 Å². The average molecular weight is 282 g/mol. The summed E-state index contributed by atoms with van der Waals surface area (Å²) in [6.45, 7) is 4.83. The first-order chi connectivity index (χ1) is 9.29. The Labute approximate surface area is 118 Å². The number of hydrogen-bond acceptors (Lipinski definition) is 5. The van der Waals surface area contributed by atoms with Gasteiger partial charge in [-0.25, -0.2) is 4.98 Å². The number of likely N-dealkylation sites (N-methyl/N-ethyl adjacent to an activating group) is 1. The van der Waals surface area contributed by atoms with Gasteiger partial charge in [0.15, 0.2) is 0 Å². The van der Waals surface area contributed by atoms with Crippen molar-refractivity contribution in [1.29, 1.82) is 0 Å². The number of carboxylic acid groups (broad SMARTS) is 1. The molecule has 1 aromatic heterocycles. The molecule has 0 amide bonds. The van der Waals surface area contributed by atoms with Gasteiger partial charge in [0.25, 0.3) is 5.56 Å². The maximum atomic E-state index is 11.7. The largest absolute Gasteiger partial charge is 0.480 e. The molecular weight excluding hydrogens is 260 g/mol. The van der Waals surface area contributed by atoms with E-state index in [0.29, 0.717) is 24.7 Å². The Morgan fingerprint density at radius 2 is 2.05 bits per heavy atom. The van der Waals surface area contributed by atoms with E-state index in [2.05, 4.69) is 9.97 Å².